The standard InChI is InChI=1S/C11H14N2.C2H6/c1-4-10-6-5-7-12-11(10)8-13-9(2)3;1-2/h4-9H,1H2,2-3H3;1-2H3. The molecule has 0 unspecified atom stereocenters. The zero-order valence-corrected chi connectivity index (χ0v) is 10.1. The van der Waals surface area contributed by atoms with Crippen LogP contribution in [0.4, 0.5) is 0 Å². The Balaban J connectivity index is 0.000000921. The van der Waals surface area contributed by atoms with E-state index in [4.69, 9.17) is 0 Å². The van der Waals surface area contributed by atoms with E-state index in [9.17, 15) is 0 Å². The van der Waals surface area contributed by atoms with E-state index in [1.165, 1.54) is 0 Å². The summed E-state index contributed by atoms with van der Waals surface area (Å²) < 4.78 is 0. The first-order valence-electron chi connectivity index (χ1n) is 5.34. The lowest BCUT2D eigenvalue weighted by molar-refractivity contribution is 0.840. The van der Waals surface area contributed by atoms with Crippen LogP contribution in [0.25, 0.3) is 6.08 Å². The molecule has 0 aliphatic rings. The highest BCUT2D eigenvalue weighted by atomic mass is 14.8. The molecule has 82 valence electrons. The van der Waals surface area contributed by atoms with Crippen LogP contribution in [-0.4, -0.2) is 17.2 Å². The van der Waals surface area contributed by atoms with Crippen LogP contribution in [0.5, 0.6) is 0 Å². The van der Waals surface area contributed by atoms with Crippen molar-refractivity contribution < 1.29 is 0 Å². The molecule has 2 heteroatoms. The first kappa shape index (κ1) is 13.6. The van der Waals surface area contributed by atoms with Gasteiger partial charge in [0, 0.05) is 24.0 Å². The second-order valence-electron chi connectivity index (χ2n) is 3.05. The van der Waals surface area contributed by atoms with Crippen molar-refractivity contribution in [1.29, 1.82) is 0 Å². The monoisotopic (exact) mass is 204 g/mol. The molecule has 1 rings (SSSR count). The molecule has 0 aliphatic heterocycles. The molecule has 0 fully saturated rings. The van der Waals surface area contributed by atoms with Crippen molar-refractivity contribution in [2.75, 3.05) is 0 Å². The summed E-state index contributed by atoms with van der Waals surface area (Å²) in [4.78, 5) is 8.47. The van der Waals surface area contributed by atoms with Crippen LogP contribution >= 0.6 is 0 Å². The molecule has 15 heavy (non-hydrogen) atoms. The van der Waals surface area contributed by atoms with Crippen molar-refractivity contribution >= 4 is 12.3 Å². The van der Waals surface area contributed by atoms with E-state index in [1.807, 2.05) is 39.8 Å². The number of hydrogen-bond donors (Lipinski definition) is 0. The summed E-state index contributed by atoms with van der Waals surface area (Å²) in [5.41, 5.74) is 1.90. The van der Waals surface area contributed by atoms with Crippen LogP contribution in [0.2, 0.25) is 0 Å². The van der Waals surface area contributed by atoms with Gasteiger partial charge in [0.15, 0.2) is 0 Å². The largest absolute Gasteiger partial charge is 0.288 e. The van der Waals surface area contributed by atoms with Gasteiger partial charge in [-0.05, 0) is 19.9 Å². The minimum Gasteiger partial charge on any atom is -0.288 e. The van der Waals surface area contributed by atoms with Gasteiger partial charge in [0.05, 0.1) is 5.69 Å². The zero-order chi connectivity index (χ0) is 11.7. The summed E-state index contributed by atoms with van der Waals surface area (Å²) in [6.07, 6.45) is 5.34. The summed E-state index contributed by atoms with van der Waals surface area (Å²) in [5.74, 6) is 0. The average molecular weight is 204 g/mol. The lowest BCUT2D eigenvalue weighted by atomic mass is 10.2. The van der Waals surface area contributed by atoms with Crippen molar-refractivity contribution in [1.82, 2.24) is 4.98 Å². The average Bonchev–Trinajstić information content (AvgIpc) is 2.29. The third-order valence-corrected chi connectivity index (χ3v) is 1.59. The van der Waals surface area contributed by atoms with Gasteiger partial charge >= 0.3 is 0 Å². The van der Waals surface area contributed by atoms with Gasteiger partial charge in [0.25, 0.3) is 0 Å². The second kappa shape index (κ2) is 7.92. The van der Waals surface area contributed by atoms with Crippen LogP contribution in [0, 0.1) is 0 Å². The van der Waals surface area contributed by atoms with E-state index in [2.05, 4.69) is 16.6 Å². The van der Waals surface area contributed by atoms with E-state index >= 15 is 0 Å². The topological polar surface area (TPSA) is 25.2 Å². The number of aromatic nitrogens is 1. The predicted molar refractivity (Wildman–Crippen MR) is 68.4 cm³/mol. The smallest absolute Gasteiger partial charge is 0.0879 e. The minimum absolute atomic E-state index is 0.305. The quantitative estimate of drug-likeness (QED) is 0.691. The molecule has 0 spiro atoms. The number of nitrogens with zero attached hydrogens (tertiary/aromatic N) is 2. The first-order valence-corrected chi connectivity index (χ1v) is 5.34. The molecule has 0 aliphatic carbocycles. The van der Waals surface area contributed by atoms with E-state index in [1.54, 1.807) is 18.5 Å². The Hall–Kier alpha value is -1.44. The Bertz CT molecular complexity index is 314. The summed E-state index contributed by atoms with van der Waals surface area (Å²) in [6.45, 7) is 11.8. The Kier molecular flexibility index (Phi) is 7.16. The SMILES string of the molecule is C=Cc1cccnc1C=NC(C)C.CC. The van der Waals surface area contributed by atoms with Gasteiger partial charge in [-0.15, -0.1) is 0 Å². The highest BCUT2D eigenvalue weighted by Gasteiger charge is 1.95. The van der Waals surface area contributed by atoms with Crippen molar-refractivity contribution in [3.8, 4) is 0 Å². The third-order valence-electron chi connectivity index (χ3n) is 1.59. The molecule has 0 N–H and O–H groups in total. The first-order chi connectivity index (χ1) is 7.24. The number of hydrogen-bond acceptors (Lipinski definition) is 2. The van der Waals surface area contributed by atoms with Gasteiger partial charge < -0.3 is 0 Å². The molecule has 0 aromatic carbocycles. The van der Waals surface area contributed by atoms with Crippen LogP contribution in [-0.2, 0) is 0 Å². The molecule has 0 amide bonds. The summed E-state index contributed by atoms with van der Waals surface area (Å²) in [7, 11) is 0. The van der Waals surface area contributed by atoms with Gasteiger partial charge in [-0.3, -0.25) is 9.98 Å². The summed E-state index contributed by atoms with van der Waals surface area (Å²) >= 11 is 0. The van der Waals surface area contributed by atoms with Gasteiger partial charge in [-0.25, -0.2) is 0 Å². The molecule has 1 heterocycles. The Morgan fingerprint density at radius 3 is 2.60 bits per heavy atom. The van der Waals surface area contributed by atoms with Crippen molar-refractivity contribution in [2.45, 2.75) is 33.7 Å². The van der Waals surface area contributed by atoms with E-state index < -0.39 is 0 Å². The van der Waals surface area contributed by atoms with E-state index in [0.29, 0.717) is 6.04 Å². The molecular weight excluding hydrogens is 184 g/mol. The molecule has 0 atom stereocenters. The highest BCUT2D eigenvalue weighted by Crippen LogP contribution is 2.04. The molecule has 0 saturated carbocycles. The second-order valence-corrected chi connectivity index (χ2v) is 3.05. The zero-order valence-electron chi connectivity index (χ0n) is 10.1. The van der Waals surface area contributed by atoms with Crippen LogP contribution in [0.15, 0.2) is 29.9 Å². The number of aliphatic imine (C=N–C) groups is 1. The highest BCUT2D eigenvalue weighted by molar-refractivity contribution is 5.82. The molecular formula is C13H20N2. The molecule has 0 bridgehead atoms. The van der Waals surface area contributed by atoms with Crippen LogP contribution < -0.4 is 0 Å². The molecule has 1 aromatic heterocycles. The molecule has 0 saturated heterocycles. The fraction of sp³-hybridized carbons (Fsp3) is 0.385. The predicted octanol–water partition coefficient (Wildman–Crippen LogP) is 3.58. The van der Waals surface area contributed by atoms with E-state index in [0.717, 1.165) is 11.3 Å². The van der Waals surface area contributed by atoms with Crippen LogP contribution in [0.1, 0.15) is 39.0 Å². The minimum atomic E-state index is 0.305. The molecule has 0 radical (unpaired) electrons. The maximum atomic E-state index is 4.27. The molecule has 1 aromatic rings. The summed E-state index contributed by atoms with van der Waals surface area (Å²) in [6, 6.07) is 4.17. The lowest BCUT2D eigenvalue weighted by Gasteiger charge is -1.98. The Labute approximate surface area is 92.8 Å². The third kappa shape index (κ3) is 5.11. The number of pyridine rings is 1. The number of rotatable bonds is 3. The van der Waals surface area contributed by atoms with Gasteiger partial charge in [0.1, 0.15) is 0 Å². The van der Waals surface area contributed by atoms with Crippen molar-refractivity contribution in [3.05, 3.63) is 36.2 Å². The van der Waals surface area contributed by atoms with Crippen LogP contribution in [0.3, 0.4) is 0 Å². The maximum absolute atomic E-state index is 4.27. The van der Waals surface area contributed by atoms with Gasteiger partial charge in [0.2, 0.25) is 0 Å². The fourth-order valence-corrected chi connectivity index (χ4v) is 0.930. The maximum Gasteiger partial charge on any atom is 0.0879 e. The fourth-order valence-electron chi connectivity index (χ4n) is 0.930. The molecule has 2 nitrogen and oxygen atoms in total. The van der Waals surface area contributed by atoms with Crippen molar-refractivity contribution in [3.63, 3.8) is 0 Å². The Morgan fingerprint density at radius 1 is 1.40 bits per heavy atom. The normalized spacial score (nSPS) is 9.93. The van der Waals surface area contributed by atoms with E-state index in [-0.39, 0.29) is 0 Å². The lowest BCUT2D eigenvalue weighted by Crippen LogP contribution is -1.95. The Morgan fingerprint density at radius 2 is 2.07 bits per heavy atom. The summed E-state index contributed by atoms with van der Waals surface area (Å²) in [5, 5.41) is 0. The van der Waals surface area contributed by atoms with Crippen molar-refractivity contribution in [2.24, 2.45) is 4.99 Å². The van der Waals surface area contributed by atoms with Gasteiger partial charge in [-0.2, -0.15) is 0 Å². The van der Waals surface area contributed by atoms with Gasteiger partial charge in [-0.1, -0.05) is 32.6 Å².